The molecule has 1 saturated heterocycles. The smallest absolute Gasteiger partial charge is 0.0822 e. The normalized spacial score (nSPS) is 24.4. The Balaban J connectivity index is 1.78. The van der Waals surface area contributed by atoms with Crippen LogP contribution in [0.5, 0.6) is 0 Å². The molecule has 0 saturated carbocycles. The molecule has 19 heavy (non-hydrogen) atoms. The first-order valence-electron chi connectivity index (χ1n) is 7.41. The number of likely N-dealkylation sites (tertiary alicyclic amines) is 1. The maximum atomic E-state index is 6.06. The highest BCUT2D eigenvalue weighted by Crippen LogP contribution is 2.23. The minimum atomic E-state index is 0.328. The number of nitrogens with two attached hydrogens (primary N) is 1. The summed E-state index contributed by atoms with van der Waals surface area (Å²) in [6.07, 6.45) is 3.35. The summed E-state index contributed by atoms with van der Waals surface area (Å²) in [6.45, 7) is 7.71. The van der Waals surface area contributed by atoms with Gasteiger partial charge >= 0.3 is 0 Å². The molecule has 0 aromatic carbocycles. The van der Waals surface area contributed by atoms with E-state index in [2.05, 4.69) is 16.5 Å². The maximum absolute atomic E-state index is 6.06. The Hall–Kier alpha value is -0.910. The maximum Gasteiger partial charge on any atom is 0.0822 e. The van der Waals surface area contributed by atoms with Gasteiger partial charge in [0, 0.05) is 43.4 Å². The van der Waals surface area contributed by atoms with Gasteiger partial charge in [0.15, 0.2) is 0 Å². The number of piperidine rings is 1. The highest BCUT2D eigenvalue weighted by atomic mass is 16.5. The number of fused-ring (bicyclic) bond motifs is 1. The Morgan fingerprint density at radius 3 is 3.16 bits per heavy atom. The predicted octanol–water partition coefficient (Wildman–Crippen LogP) is 0.899. The average molecular weight is 264 g/mol. The van der Waals surface area contributed by atoms with E-state index in [1.54, 1.807) is 0 Å². The molecule has 0 aliphatic carbocycles. The van der Waals surface area contributed by atoms with Crippen molar-refractivity contribution in [2.75, 3.05) is 19.7 Å². The van der Waals surface area contributed by atoms with Crippen molar-refractivity contribution in [3.8, 4) is 0 Å². The Kier molecular flexibility index (Phi) is 3.86. The van der Waals surface area contributed by atoms with Crippen LogP contribution in [-0.4, -0.2) is 40.4 Å². The van der Waals surface area contributed by atoms with Gasteiger partial charge < -0.3 is 10.5 Å². The van der Waals surface area contributed by atoms with Crippen LogP contribution in [0.25, 0.3) is 0 Å². The van der Waals surface area contributed by atoms with Gasteiger partial charge in [0.05, 0.1) is 18.9 Å². The standard InChI is InChI=1S/C14H24N4O/c1-2-18-14-5-7-19-10-12(14)13(16-18)9-17-6-3-4-11(15)8-17/h11H,2-10,15H2,1H3. The Morgan fingerprint density at radius 1 is 1.47 bits per heavy atom. The van der Waals surface area contributed by atoms with Crippen molar-refractivity contribution in [1.82, 2.24) is 14.7 Å². The fourth-order valence-corrected chi connectivity index (χ4v) is 3.21. The zero-order chi connectivity index (χ0) is 13.2. The van der Waals surface area contributed by atoms with Crippen molar-refractivity contribution in [3.63, 3.8) is 0 Å². The molecule has 3 rings (SSSR count). The van der Waals surface area contributed by atoms with E-state index in [1.165, 1.54) is 23.4 Å². The van der Waals surface area contributed by atoms with Crippen LogP contribution in [0.3, 0.4) is 0 Å². The van der Waals surface area contributed by atoms with E-state index in [0.29, 0.717) is 6.04 Å². The van der Waals surface area contributed by atoms with Gasteiger partial charge in [-0.15, -0.1) is 0 Å². The fraction of sp³-hybridized carbons (Fsp3) is 0.786. The zero-order valence-electron chi connectivity index (χ0n) is 11.8. The summed E-state index contributed by atoms with van der Waals surface area (Å²) in [5.74, 6) is 0. The molecule has 1 aromatic rings. The van der Waals surface area contributed by atoms with Crippen molar-refractivity contribution in [2.24, 2.45) is 5.73 Å². The SMILES string of the molecule is CCn1nc(CN2CCCC(N)C2)c2c1CCOC2. The molecule has 106 valence electrons. The van der Waals surface area contributed by atoms with Crippen molar-refractivity contribution >= 4 is 0 Å². The Labute approximate surface area is 114 Å². The molecule has 5 nitrogen and oxygen atoms in total. The third kappa shape index (κ3) is 2.68. The first-order chi connectivity index (χ1) is 9.28. The summed E-state index contributed by atoms with van der Waals surface area (Å²) in [4.78, 5) is 2.44. The summed E-state index contributed by atoms with van der Waals surface area (Å²) in [7, 11) is 0. The molecule has 0 bridgehead atoms. The van der Waals surface area contributed by atoms with Crippen molar-refractivity contribution in [2.45, 2.75) is 51.9 Å². The molecule has 0 amide bonds. The van der Waals surface area contributed by atoms with Crippen LogP contribution in [0, 0.1) is 0 Å². The Morgan fingerprint density at radius 2 is 2.37 bits per heavy atom. The van der Waals surface area contributed by atoms with Crippen LogP contribution < -0.4 is 5.73 Å². The lowest BCUT2D eigenvalue weighted by Crippen LogP contribution is -2.42. The van der Waals surface area contributed by atoms with Gasteiger partial charge in [0.2, 0.25) is 0 Å². The predicted molar refractivity (Wildman–Crippen MR) is 73.7 cm³/mol. The number of hydrogen-bond acceptors (Lipinski definition) is 4. The molecule has 1 fully saturated rings. The summed E-state index contributed by atoms with van der Waals surface area (Å²) in [5, 5.41) is 4.78. The summed E-state index contributed by atoms with van der Waals surface area (Å²) in [5.41, 5.74) is 9.96. The van der Waals surface area contributed by atoms with Gasteiger partial charge in [-0.05, 0) is 26.3 Å². The summed E-state index contributed by atoms with van der Waals surface area (Å²) < 4.78 is 7.76. The minimum absolute atomic E-state index is 0.328. The molecule has 2 N–H and O–H groups in total. The van der Waals surface area contributed by atoms with Crippen LogP contribution in [0.1, 0.15) is 36.7 Å². The second kappa shape index (κ2) is 5.61. The molecule has 2 aliphatic rings. The monoisotopic (exact) mass is 264 g/mol. The topological polar surface area (TPSA) is 56.3 Å². The van der Waals surface area contributed by atoms with Crippen LogP contribution in [0.15, 0.2) is 0 Å². The lowest BCUT2D eigenvalue weighted by molar-refractivity contribution is 0.107. The summed E-state index contributed by atoms with van der Waals surface area (Å²) >= 11 is 0. The van der Waals surface area contributed by atoms with Crippen LogP contribution in [0.2, 0.25) is 0 Å². The third-order valence-electron chi connectivity index (χ3n) is 4.19. The minimum Gasteiger partial charge on any atom is -0.376 e. The second-order valence-electron chi connectivity index (χ2n) is 5.63. The van der Waals surface area contributed by atoms with E-state index < -0.39 is 0 Å². The largest absolute Gasteiger partial charge is 0.376 e. The van der Waals surface area contributed by atoms with E-state index >= 15 is 0 Å². The molecule has 2 aliphatic heterocycles. The number of ether oxygens (including phenoxy) is 1. The zero-order valence-corrected chi connectivity index (χ0v) is 11.8. The second-order valence-corrected chi connectivity index (χ2v) is 5.63. The molecule has 1 unspecified atom stereocenters. The highest BCUT2D eigenvalue weighted by molar-refractivity contribution is 5.27. The van der Waals surface area contributed by atoms with Gasteiger partial charge in [-0.1, -0.05) is 0 Å². The van der Waals surface area contributed by atoms with E-state index in [1.807, 2.05) is 0 Å². The van der Waals surface area contributed by atoms with Crippen molar-refractivity contribution in [1.29, 1.82) is 0 Å². The van der Waals surface area contributed by atoms with Gasteiger partial charge in [-0.25, -0.2) is 0 Å². The molecular weight excluding hydrogens is 240 g/mol. The van der Waals surface area contributed by atoms with Crippen LogP contribution in [-0.2, 0) is 30.9 Å². The van der Waals surface area contributed by atoms with E-state index in [0.717, 1.165) is 52.2 Å². The van der Waals surface area contributed by atoms with E-state index in [-0.39, 0.29) is 0 Å². The van der Waals surface area contributed by atoms with E-state index in [4.69, 9.17) is 15.6 Å². The van der Waals surface area contributed by atoms with E-state index in [9.17, 15) is 0 Å². The quantitative estimate of drug-likeness (QED) is 0.881. The van der Waals surface area contributed by atoms with Crippen LogP contribution >= 0.6 is 0 Å². The molecule has 0 radical (unpaired) electrons. The van der Waals surface area contributed by atoms with Crippen molar-refractivity contribution < 1.29 is 4.74 Å². The lowest BCUT2D eigenvalue weighted by atomic mass is 10.1. The number of hydrogen-bond donors (Lipinski definition) is 1. The Bertz CT molecular complexity index is 443. The van der Waals surface area contributed by atoms with Gasteiger partial charge in [-0.3, -0.25) is 9.58 Å². The molecule has 1 aromatic heterocycles. The van der Waals surface area contributed by atoms with Crippen LogP contribution in [0.4, 0.5) is 0 Å². The molecule has 0 spiro atoms. The third-order valence-corrected chi connectivity index (χ3v) is 4.19. The number of aryl methyl sites for hydroxylation is 1. The number of nitrogens with zero attached hydrogens (tertiary/aromatic N) is 3. The lowest BCUT2D eigenvalue weighted by Gasteiger charge is -2.30. The van der Waals surface area contributed by atoms with Gasteiger partial charge in [-0.2, -0.15) is 5.10 Å². The number of aromatic nitrogens is 2. The number of rotatable bonds is 3. The van der Waals surface area contributed by atoms with Gasteiger partial charge in [0.1, 0.15) is 0 Å². The first kappa shape index (κ1) is 13.1. The summed E-state index contributed by atoms with van der Waals surface area (Å²) in [6, 6.07) is 0.328. The molecule has 1 atom stereocenters. The first-order valence-corrected chi connectivity index (χ1v) is 7.41. The molecule has 3 heterocycles. The van der Waals surface area contributed by atoms with Crippen molar-refractivity contribution in [3.05, 3.63) is 17.0 Å². The molecular formula is C14H24N4O. The molecule has 5 heteroatoms. The van der Waals surface area contributed by atoms with Gasteiger partial charge in [0.25, 0.3) is 0 Å². The fourth-order valence-electron chi connectivity index (χ4n) is 3.21. The average Bonchev–Trinajstić information content (AvgIpc) is 2.77. The highest BCUT2D eigenvalue weighted by Gasteiger charge is 2.24.